The Morgan fingerprint density at radius 2 is 1.83 bits per heavy atom. The van der Waals surface area contributed by atoms with Crippen molar-refractivity contribution in [2.75, 3.05) is 26.6 Å². The van der Waals surface area contributed by atoms with E-state index in [2.05, 4.69) is 10.3 Å². The molecule has 2 aromatic rings. The molecule has 1 N–H and O–H groups in total. The monoisotopic (exact) mass is 328 g/mol. The number of nitrogens with zero attached hydrogens (tertiary/aromatic N) is 1. The van der Waals surface area contributed by atoms with Gasteiger partial charge in [-0.3, -0.25) is 4.79 Å². The van der Waals surface area contributed by atoms with Crippen LogP contribution in [0.25, 0.3) is 6.08 Å². The molecule has 0 fully saturated rings. The summed E-state index contributed by atoms with van der Waals surface area (Å²) in [5.74, 6) is 2.09. The van der Waals surface area contributed by atoms with Gasteiger partial charge < -0.3 is 24.3 Å². The minimum atomic E-state index is -0.380. The predicted octanol–water partition coefficient (Wildman–Crippen LogP) is 2.48. The lowest BCUT2D eigenvalue weighted by Crippen LogP contribution is -2.24. The fraction of sp³-hybridized carbons (Fsp3) is 0.176. The summed E-state index contributed by atoms with van der Waals surface area (Å²) >= 11 is 0. The van der Waals surface area contributed by atoms with E-state index in [0.717, 1.165) is 0 Å². The number of anilines is 1. The molecule has 24 heavy (non-hydrogen) atoms. The Morgan fingerprint density at radius 3 is 2.46 bits per heavy atom. The first kappa shape index (κ1) is 15.7. The third-order valence-corrected chi connectivity index (χ3v) is 3.43. The molecular formula is C17H16N2O5. The number of methoxy groups -OCH3 is 3. The summed E-state index contributed by atoms with van der Waals surface area (Å²) in [5.41, 5.74) is 0.669. The fourth-order valence-electron chi connectivity index (χ4n) is 2.33. The SMILES string of the molecule is COc1cc(C=C2Oc3cccnc3NC2=O)cc(OC)c1OC. The van der Waals surface area contributed by atoms with Gasteiger partial charge >= 0.3 is 0 Å². The number of carbonyl (C=O) groups excluding carboxylic acids is 1. The van der Waals surface area contributed by atoms with Gasteiger partial charge in [-0.05, 0) is 35.9 Å². The molecule has 0 saturated heterocycles. The van der Waals surface area contributed by atoms with Crippen LogP contribution in [0.5, 0.6) is 23.0 Å². The van der Waals surface area contributed by atoms with Crippen LogP contribution in [0.4, 0.5) is 5.82 Å². The molecule has 0 spiro atoms. The highest BCUT2D eigenvalue weighted by Gasteiger charge is 2.23. The molecule has 1 aliphatic rings. The van der Waals surface area contributed by atoms with Crippen molar-refractivity contribution in [2.45, 2.75) is 0 Å². The molecule has 1 aliphatic heterocycles. The first-order chi connectivity index (χ1) is 11.7. The van der Waals surface area contributed by atoms with Crippen molar-refractivity contribution in [3.63, 3.8) is 0 Å². The van der Waals surface area contributed by atoms with Crippen LogP contribution in [0.15, 0.2) is 36.2 Å². The summed E-state index contributed by atoms with van der Waals surface area (Å²) in [7, 11) is 4.58. The standard InChI is InChI=1S/C17H16N2O5/c1-21-12-7-10(8-13(22-2)15(12)23-3)9-14-17(20)19-16-11(24-14)5-4-6-18-16/h4-9H,1-3H3,(H,18,19,20). The highest BCUT2D eigenvalue weighted by Crippen LogP contribution is 2.39. The number of hydrogen-bond acceptors (Lipinski definition) is 6. The summed E-state index contributed by atoms with van der Waals surface area (Å²) in [5, 5.41) is 2.68. The normalized spacial score (nSPS) is 14.5. The molecule has 0 aliphatic carbocycles. The quantitative estimate of drug-likeness (QED) is 0.869. The second kappa shape index (κ2) is 6.49. The van der Waals surface area contributed by atoms with Crippen molar-refractivity contribution < 1.29 is 23.7 Å². The van der Waals surface area contributed by atoms with E-state index in [0.29, 0.717) is 34.4 Å². The molecule has 2 heterocycles. The number of hydrogen-bond donors (Lipinski definition) is 1. The van der Waals surface area contributed by atoms with E-state index < -0.39 is 0 Å². The highest BCUT2D eigenvalue weighted by molar-refractivity contribution is 6.07. The molecule has 1 aromatic carbocycles. The Kier molecular flexibility index (Phi) is 4.24. The van der Waals surface area contributed by atoms with Crippen molar-refractivity contribution in [3.05, 3.63) is 41.8 Å². The summed E-state index contributed by atoms with van der Waals surface area (Å²) in [4.78, 5) is 16.2. The average molecular weight is 328 g/mol. The molecule has 1 aromatic heterocycles. The molecule has 0 atom stereocenters. The van der Waals surface area contributed by atoms with Crippen LogP contribution in [0, 0.1) is 0 Å². The van der Waals surface area contributed by atoms with Crippen LogP contribution in [-0.4, -0.2) is 32.2 Å². The maximum absolute atomic E-state index is 12.2. The molecule has 0 bridgehead atoms. The molecule has 124 valence electrons. The van der Waals surface area contributed by atoms with E-state index in [-0.39, 0.29) is 11.7 Å². The summed E-state index contributed by atoms with van der Waals surface area (Å²) in [6, 6.07) is 6.91. The number of carbonyl (C=O) groups is 1. The van der Waals surface area contributed by atoms with Gasteiger partial charge in [-0.25, -0.2) is 4.98 Å². The Bertz CT molecular complexity index is 791. The number of amides is 1. The first-order valence-electron chi connectivity index (χ1n) is 7.12. The number of benzene rings is 1. The van der Waals surface area contributed by atoms with Crippen molar-refractivity contribution in [2.24, 2.45) is 0 Å². The Hall–Kier alpha value is -3.22. The fourth-order valence-corrected chi connectivity index (χ4v) is 2.33. The van der Waals surface area contributed by atoms with Gasteiger partial charge in [-0.1, -0.05) is 0 Å². The maximum atomic E-state index is 12.2. The largest absolute Gasteiger partial charge is 0.493 e. The van der Waals surface area contributed by atoms with Gasteiger partial charge in [-0.15, -0.1) is 0 Å². The Balaban J connectivity index is 2.01. The predicted molar refractivity (Wildman–Crippen MR) is 87.6 cm³/mol. The van der Waals surface area contributed by atoms with Gasteiger partial charge in [0.1, 0.15) is 0 Å². The minimum absolute atomic E-state index is 0.143. The number of aromatic nitrogens is 1. The molecule has 1 amide bonds. The summed E-state index contributed by atoms with van der Waals surface area (Å²) in [6.07, 6.45) is 3.17. The lowest BCUT2D eigenvalue weighted by Gasteiger charge is -2.19. The summed E-state index contributed by atoms with van der Waals surface area (Å²) in [6.45, 7) is 0. The molecule has 0 radical (unpaired) electrons. The smallest absolute Gasteiger partial charge is 0.292 e. The molecule has 7 heteroatoms. The van der Waals surface area contributed by atoms with E-state index in [1.807, 2.05) is 0 Å². The zero-order valence-corrected chi connectivity index (χ0v) is 13.5. The number of ether oxygens (including phenoxy) is 4. The molecular weight excluding hydrogens is 312 g/mol. The lowest BCUT2D eigenvalue weighted by molar-refractivity contribution is -0.115. The van der Waals surface area contributed by atoms with E-state index in [1.54, 1.807) is 36.5 Å². The van der Waals surface area contributed by atoms with Crippen LogP contribution < -0.4 is 24.3 Å². The van der Waals surface area contributed by atoms with Gasteiger partial charge in [0.05, 0.1) is 21.3 Å². The van der Waals surface area contributed by atoms with Crippen LogP contribution in [0.3, 0.4) is 0 Å². The van der Waals surface area contributed by atoms with Crippen molar-refractivity contribution in [1.29, 1.82) is 0 Å². The number of pyridine rings is 1. The van der Waals surface area contributed by atoms with E-state index >= 15 is 0 Å². The van der Waals surface area contributed by atoms with Crippen LogP contribution >= 0.6 is 0 Å². The second-order valence-electron chi connectivity index (χ2n) is 4.87. The maximum Gasteiger partial charge on any atom is 0.292 e. The minimum Gasteiger partial charge on any atom is -0.493 e. The van der Waals surface area contributed by atoms with Crippen molar-refractivity contribution in [1.82, 2.24) is 4.98 Å². The number of fused-ring (bicyclic) bond motifs is 1. The van der Waals surface area contributed by atoms with Gasteiger partial charge in [0.25, 0.3) is 5.91 Å². The highest BCUT2D eigenvalue weighted by atomic mass is 16.5. The number of nitrogens with one attached hydrogen (secondary N) is 1. The summed E-state index contributed by atoms with van der Waals surface area (Å²) < 4.78 is 21.5. The lowest BCUT2D eigenvalue weighted by atomic mass is 10.1. The van der Waals surface area contributed by atoms with E-state index in [1.165, 1.54) is 21.3 Å². The van der Waals surface area contributed by atoms with Gasteiger partial charge in [0.2, 0.25) is 5.75 Å². The van der Waals surface area contributed by atoms with Gasteiger partial charge in [-0.2, -0.15) is 0 Å². The molecule has 3 rings (SSSR count). The first-order valence-corrected chi connectivity index (χ1v) is 7.12. The van der Waals surface area contributed by atoms with E-state index in [4.69, 9.17) is 18.9 Å². The molecule has 7 nitrogen and oxygen atoms in total. The zero-order valence-electron chi connectivity index (χ0n) is 13.5. The van der Waals surface area contributed by atoms with Crippen molar-refractivity contribution >= 4 is 17.8 Å². The zero-order chi connectivity index (χ0) is 17.1. The number of rotatable bonds is 4. The van der Waals surface area contributed by atoms with Gasteiger partial charge in [0, 0.05) is 6.20 Å². The van der Waals surface area contributed by atoms with Crippen LogP contribution in [-0.2, 0) is 4.79 Å². The second-order valence-corrected chi connectivity index (χ2v) is 4.87. The Morgan fingerprint density at radius 1 is 1.12 bits per heavy atom. The van der Waals surface area contributed by atoms with Crippen LogP contribution in [0.1, 0.15) is 5.56 Å². The Labute approximate surface area is 138 Å². The third-order valence-electron chi connectivity index (χ3n) is 3.43. The molecule has 0 saturated carbocycles. The average Bonchev–Trinajstić information content (AvgIpc) is 2.61. The van der Waals surface area contributed by atoms with Gasteiger partial charge in [0.15, 0.2) is 28.8 Å². The van der Waals surface area contributed by atoms with Crippen molar-refractivity contribution in [3.8, 4) is 23.0 Å². The van der Waals surface area contributed by atoms with Crippen LogP contribution in [0.2, 0.25) is 0 Å². The topological polar surface area (TPSA) is 78.9 Å². The third kappa shape index (κ3) is 2.83. The molecule has 0 unspecified atom stereocenters. The van der Waals surface area contributed by atoms with E-state index in [9.17, 15) is 4.79 Å².